The summed E-state index contributed by atoms with van der Waals surface area (Å²) in [4.78, 5) is 23.1. The number of amides is 2. The number of anilines is 1. The lowest BCUT2D eigenvalue weighted by Gasteiger charge is -2.06. The van der Waals surface area contributed by atoms with Gasteiger partial charge in [0.25, 0.3) is 5.91 Å². The standard InChI is InChI=1S/C15H12N4O2S/c16-14(20)7-9-1-4-11(5-2-9)17-15(21)10-3-6-12-13(8-10)19-22-18-12/h1-6,8H,7H2,(H2,16,20)(H,17,21). The van der Waals surface area contributed by atoms with Crippen LogP contribution in [-0.4, -0.2) is 20.6 Å². The zero-order valence-electron chi connectivity index (χ0n) is 11.4. The first kappa shape index (κ1) is 14.2. The first-order valence-corrected chi connectivity index (χ1v) is 7.26. The summed E-state index contributed by atoms with van der Waals surface area (Å²) in [6.45, 7) is 0. The molecule has 3 aromatic rings. The largest absolute Gasteiger partial charge is 0.369 e. The predicted octanol–water partition coefficient (Wildman–Crippen LogP) is 1.97. The Morgan fingerprint density at radius 1 is 1.05 bits per heavy atom. The summed E-state index contributed by atoms with van der Waals surface area (Å²) in [6.07, 6.45) is 0.182. The average Bonchev–Trinajstić information content (AvgIpc) is 2.96. The van der Waals surface area contributed by atoms with Gasteiger partial charge < -0.3 is 11.1 Å². The van der Waals surface area contributed by atoms with Crippen molar-refractivity contribution in [3.05, 3.63) is 53.6 Å². The van der Waals surface area contributed by atoms with Gasteiger partial charge in [-0.15, -0.1) is 0 Å². The molecule has 0 fully saturated rings. The number of carbonyl (C=O) groups is 2. The number of nitrogens with two attached hydrogens (primary N) is 1. The molecule has 0 radical (unpaired) electrons. The van der Waals surface area contributed by atoms with Crippen molar-refractivity contribution in [3.8, 4) is 0 Å². The smallest absolute Gasteiger partial charge is 0.255 e. The van der Waals surface area contributed by atoms with Crippen LogP contribution in [0, 0.1) is 0 Å². The minimum Gasteiger partial charge on any atom is -0.369 e. The Kier molecular flexibility index (Phi) is 3.80. The molecule has 0 spiro atoms. The van der Waals surface area contributed by atoms with Crippen LogP contribution in [0.3, 0.4) is 0 Å². The molecule has 110 valence electrons. The third-order valence-electron chi connectivity index (χ3n) is 3.11. The SMILES string of the molecule is NC(=O)Cc1ccc(NC(=O)c2ccc3nsnc3c2)cc1. The maximum Gasteiger partial charge on any atom is 0.255 e. The first-order valence-electron chi connectivity index (χ1n) is 6.53. The third-order valence-corrected chi connectivity index (χ3v) is 3.66. The molecular formula is C15H12N4O2S. The van der Waals surface area contributed by atoms with E-state index in [2.05, 4.69) is 14.1 Å². The van der Waals surface area contributed by atoms with Crippen molar-refractivity contribution < 1.29 is 9.59 Å². The number of aromatic nitrogens is 2. The van der Waals surface area contributed by atoms with E-state index in [0.717, 1.165) is 22.8 Å². The van der Waals surface area contributed by atoms with Crippen LogP contribution in [-0.2, 0) is 11.2 Å². The van der Waals surface area contributed by atoms with Crippen LogP contribution in [0.25, 0.3) is 11.0 Å². The van der Waals surface area contributed by atoms with Crippen LogP contribution >= 0.6 is 11.7 Å². The molecule has 0 aliphatic carbocycles. The summed E-state index contributed by atoms with van der Waals surface area (Å²) in [5.41, 5.74) is 8.58. The van der Waals surface area contributed by atoms with Crippen molar-refractivity contribution in [1.29, 1.82) is 0 Å². The van der Waals surface area contributed by atoms with Gasteiger partial charge in [-0.2, -0.15) is 8.75 Å². The summed E-state index contributed by atoms with van der Waals surface area (Å²) in [6, 6.07) is 12.2. The molecule has 1 aromatic heterocycles. The Hall–Kier alpha value is -2.80. The number of nitrogens with zero attached hydrogens (tertiary/aromatic N) is 2. The van der Waals surface area contributed by atoms with Gasteiger partial charge in [-0.3, -0.25) is 9.59 Å². The fourth-order valence-electron chi connectivity index (χ4n) is 2.03. The molecule has 0 saturated heterocycles. The highest BCUT2D eigenvalue weighted by Crippen LogP contribution is 2.16. The molecule has 0 atom stereocenters. The van der Waals surface area contributed by atoms with E-state index in [1.807, 2.05) is 0 Å². The molecule has 6 nitrogen and oxygen atoms in total. The van der Waals surface area contributed by atoms with Gasteiger partial charge in [0.2, 0.25) is 5.91 Å². The summed E-state index contributed by atoms with van der Waals surface area (Å²) < 4.78 is 8.21. The quantitative estimate of drug-likeness (QED) is 0.769. The lowest BCUT2D eigenvalue weighted by Crippen LogP contribution is -2.14. The van der Waals surface area contributed by atoms with Gasteiger partial charge in [0, 0.05) is 11.3 Å². The van der Waals surface area contributed by atoms with E-state index in [9.17, 15) is 9.59 Å². The molecule has 0 aliphatic heterocycles. The molecule has 1 heterocycles. The van der Waals surface area contributed by atoms with Crippen molar-refractivity contribution >= 4 is 40.3 Å². The number of hydrogen-bond acceptors (Lipinski definition) is 5. The monoisotopic (exact) mass is 312 g/mol. The summed E-state index contributed by atoms with van der Waals surface area (Å²) in [5, 5.41) is 2.80. The second-order valence-electron chi connectivity index (χ2n) is 4.76. The topological polar surface area (TPSA) is 98.0 Å². The molecule has 0 aliphatic rings. The Labute approximate surface area is 130 Å². The molecule has 22 heavy (non-hydrogen) atoms. The number of carbonyl (C=O) groups excluding carboxylic acids is 2. The van der Waals surface area contributed by atoms with E-state index in [4.69, 9.17) is 5.73 Å². The van der Waals surface area contributed by atoms with Gasteiger partial charge in [-0.05, 0) is 35.9 Å². The fraction of sp³-hybridized carbons (Fsp3) is 0.0667. The molecule has 2 amide bonds. The van der Waals surface area contributed by atoms with Gasteiger partial charge >= 0.3 is 0 Å². The Morgan fingerprint density at radius 2 is 1.77 bits per heavy atom. The van der Waals surface area contributed by atoms with Gasteiger partial charge in [-0.1, -0.05) is 12.1 Å². The highest BCUT2D eigenvalue weighted by atomic mass is 32.1. The molecule has 7 heteroatoms. The number of hydrogen-bond donors (Lipinski definition) is 2. The summed E-state index contributed by atoms with van der Waals surface area (Å²) in [5.74, 6) is -0.612. The van der Waals surface area contributed by atoms with Crippen molar-refractivity contribution in [2.24, 2.45) is 5.73 Å². The number of benzene rings is 2. The van der Waals surface area contributed by atoms with Crippen molar-refractivity contribution in [3.63, 3.8) is 0 Å². The lowest BCUT2D eigenvalue weighted by molar-refractivity contribution is -0.117. The average molecular weight is 312 g/mol. The highest BCUT2D eigenvalue weighted by molar-refractivity contribution is 7.00. The van der Waals surface area contributed by atoms with Gasteiger partial charge in [0.1, 0.15) is 11.0 Å². The van der Waals surface area contributed by atoms with Crippen molar-refractivity contribution in [2.75, 3.05) is 5.32 Å². The molecule has 3 rings (SSSR count). The van der Waals surface area contributed by atoms with Gasteiger partial charge in [0.15, 0.2) is 0 Å². The fourth-order valence-corrected chi connectivity index (χ4v) is 2.55. The van der Waals surface area contributed by atoms with Crippen LogP contribution in [0.1, 0.15) is 15.9 Å². The minimum atomic E-state index is -0.387. The summed E-state index contributed by atoms with van der Waals surface area (Å²) >= 11 is 1.11. The van der Waals surface area contributed by atoms with Crippen LogP contribution in [0.15, 0.2) is 42.5 Å². The zero-order chi connectivity index (χ0) is 15.5. The van der Waals surface area contributed by atoms with Gasteiger partial charge in [-0.25, -0.2) is 0 Å². The second-order valence-corrected chi connectivity index (χ2v) is 5.29. The van der Waals surface area contributed by atoms with E-state index >= 15 is 0 Å². The molecule has 3 N–H and O–H groups in total. The highest BCUT2D eigenvalue weighted by Gasteiger charge is 2.09. The number of nitrogens with one attached hydrogen (secondary N) is 1. The van der Waals surface area contributed by atoms with E-state index in [1.165, 1.54) is 0 Å². The lowest BCUT2D eigenvalue weighted by atomic mass is 10.1. The van der Waals surface area contributed by atoms with Crippen LogP contribution in [0.2, 0.25) is 0 Å². The number of fused-ring (bicyclic) bond motifs is 1. The van der Waals surface area contributed by atoms with Crippen LogP contribution in [0.4, 0.5) is 5.69 Å². The van der Waals surface area contributed by atoms with Gasteiger partial charge in [0.05, 0.1) is 18.1 Å². The van der Waals surface area contributed by atoms with E-state index in [0.29, 0.717) is 16.8 Å². The zero-order valence-corrected chi connectivity index (χ0v) is 12.3. The molecule has 0 unspecified atom stereocenters. The van der Waals surface area contributed by atoms with Crippen LogP contribution in [0.5, 0.6) is 0 Å². The van der Waals surface area contributed by atoms with Crippen molar-refractivity contribution in [1.82, 2.24) is 8.75 Å². The predicted molar refractivity (Wildman–Crippen MR) is 84.7 cm³/mol. The third kappa shape index (κ3) is 3.09. The molecule has 0 saturated carbocycles. The molecule has 0 bridgehead atoms. The van der Waals surface area contributed by atoms with E-state index < -0.39 is 0 Å². The van der Waals surface area contributed by atoms with Crippen molar-refractivity contribution in [2.45, 2.75) is 6.42 Å². The van der Waals surface area contributed by atoms with E-state index in [-0.39, 0.29) is 18.2 Å². The Balaban J connectivity index is 1.74. The molecule has 2 aromatic carbocycles. The Morgan fingerprint density at radius 3 is 2.50 bits per heavy atom. The first-order chi connectivity index (χ1) is 10.6. The Bertz CT molecular complexity index is 842. The second kappa shape index (κ2) is 5.90. The normalized spacial score (nSPS) is 10.5. The number of primary amides is 1. The maximum atomic E-state index is 12.2. The molecular weight excluding hydrogens is 300 g/mol. The minimum absolute atomic E-state index is 0.182. The summed E-state index contributed by atoms with van der Waals surface area (Å²) in [7, 11) is 0. The number of rotatable bonds is 4. The maximum absolute atomic E-state index is 12.2. The van der Waals surface area contributed by atoms with Crippen LogP contribution < -0.4 is 11.1 Å². The van der Waals surface area contributed by atoms with E-state index in [1.54, 1.807) is 42.5 Å².